The number of hydrogen-bond acceptors (Lipinski definition) is 3. The molecule has 0 aliphatic carbocycles. The lowest BCUT2D eigenvalue weighted by atomic mass is 10.3. The third-order valence-electron chi connectivity index (χ3n) is 2.31. The van der Waals surface area contributed by atoms with Crippen molar-refractivity contribution in [1.82, 2.24) is 4.98 Å². The van der Waals surface area contributed by atoms with Gasteiger partial charge in [-0.3, -0.25) is 4.98 Å². The molecule has 0 bridgehead atoms. The number of rotatable bonds is 3. The first-order valence-corrected chi connectivity index (χ1v) is 5.64. The Bertz CT molecular complexity index is 508. The lowest BCUT2D eigenvalue weighted by Gasteiger charge is -2.10. The molecule has 0 fully saturated rings. The summed E-state index contributed by atoms with van der Waals surface area (Å²) < 4.78 is 5.59. The smallest absolute Gasteiger partial charge is 0.161 e. The zero-order chi connectivity index (χ0) is 12.3. The van der Waals surface area contributed by atoms with Crippen LogP contribution < -0.4 is 10.5 Å². The molecule has 1 aromatic carbocycles. The molecule has 0 atom stereocenters. The van der Waals surface area contributed by atoms with E-state index >= 15 is 0 Å². The highest BCUT2D eigenvalue weighted by atomic mass is 35.5. The van der Waals surface area contributed by atoms with Crippen LogP contribution in [0.3, 0.4) is 0 Å². The predicted octanol–water partition coefficient (Wildman–Crippen LogP) is 3.20. The molecule has 0 radical (unpaired) electrons. The number of benzene rings is 1. The van der Waals surface area contributed by atoms with Gasteiger partial charge in [0.25, 0.3) is 0 Å². The molecule has 2 N–H and O–H groups in total. The molecule has 0 unspecified atom stereocenters. The maximum Gasteiger partial charge on any atom is 0.161 e. The molecule has 1 aromatic heterocycles. The summed E-state index contributed by atoms with van der Waals surface area (Å²) in [6.07, 6.45) is 0. The van der Waals surface area contributed by atoms with Gasteiger partial charge in [-0.1, -0.05) is 23.7 Å². The van der Waals surface area contributed by atoms with E-state index in [4.69, 9.17) is 22.1 Å². The number of ether oxygens (including phenoxy) is 1. The van der Waals surface area contributed by atoms with E-state index < -0.39 is 0 Å². The van der Waals surface area contributed by atoms with Crippen molar-refractivity contribution in [3.8, 4) is 5.75 Å². The summed E-state index contributed by atoms with van der Waals surface area (Å²) >= 11 is 6.00. The van der Waals surface area contributed by atoms with Gasteiger partial charge in [0.15, 0.2) is 5.75 Å². The van der Waals surface area contributed by atoms with Gasteiger partial charge in [-0.15, -0.1) is 0 Å². The van der Waals surface area contributed by atoms with Crippen LogP contribution >= 0.6 is 11.6 Å². The topological polar surface area (TPSA) is 48.1 Å². The molecule has 0 saturated carbocycles. The van der Waals surface area contributed by atoms with E-state index in [-0.39, 0.29) is 0 Å². The number of hydrogen-bond donors (Lipinski definition) is 1. The van der Waals surface area contributed by atoms with Crippen LogP contribution in [0.1, 0.15) is 11.4 Å². The zero-order valence-electron chi connectivity index (χ0n) is 9.48. The van der Waals surface area contributed by atoms with Crippen LogP contribution in [0.4, 0.5) is 5.69 Å². The minimum atomic E-state index is 0.357. The number of pyridine rings is 1. The monoisotopic (exact) mass is 248 g/mol. The molecule has 88 valence electrons. The quantitative estimate of drug-likeness (QED) is 0.849. The lowest BCUT2D eigenvalue weighted by Crippen LogP contribution is -2.01. The number of anilines is 1. The first-order chi connectivity index (χ1) is 8.16. The third kappa shape index (κ3) is 2.88. The fourth-order valence-electron chi connectivity index (χ4n) is 1.50. The highest BCUT2D eigenvalue weighted by Crippen LogP contribution is 2.30. The molecule has 17 heavy (non-hydrogen) atoms. The predicted molar refractivity (Wildman–Crippen MR) is 69.2 cm³/mol. The summed E-state index contributed by atoms with van der Waals surface area (Å²) in [5, 5.41) is 0.512. The second kappa shape index (κ2) is 5.06. The second-order valence-corrected chi connectivity index (χ2v) is 4.12. The normalized spacial score (nSPS) is 10.2. The van der Waals surface area contributed by atoms with Gasteiger partial charge >= 0.3 is 0 Å². The van der Waals surface area contributed by atoms with Crippen molar-refractivity contribution in [1.29, 1.82) is 0 Å². The van der Waals surface area contributed by atoms with E-state index in [2.05, 4.69) is 4.98 Å². The van der Waals surface area contributed by atoms with Crippen molar-refractivity contribution in [3.63, 3.8) is 0 Å². The van der Waals surface area contributed by atoms with E-state index in [1.54, 1.807) is 18.2 Å². The van der Waals surface area contributed by atoms with Crippen LogP contribution in [-0.4, -0.2) is 4.98 Å². The summed E-state index contributed by atoms with van der Waals surface area (Å²) in [6, 6.07) is 11.1. The minimum Gasteiger partial charge on any atom is -0.484 e. The molecule has 3 nitrogen and oxygen atoms in total. The number of nitrogen functional groups attached to an aromatic ring is 1. The van der Waals surface area contributed by atoms with Crippen LogP contribution in [0.2, 0.25) is 5.02 Å². The number of halogens is 1. The van der Waals surface area contributed by atoms with Crippen molar-refractivity contribution in [2.24, 2.45) is 0 Å². The maximum atomic E-state index is 6.00. The Hall–Kier alpha value is -1.74. The summed E-state index contributed by atoms with van der Waals surface area (Å²) in [5.41, 5.74) is 8.13. The molecule has 0 spiro atoms. The standard InChI is InChI=1S/C13H13ClN2O/c1-9-4-2-5-10(16-9)8-17-13-11(14)6-3-7-12(13)15/h2-7H,8,15H2,1H3. The minimum absolute atomic E-state index is 0.357. The van der Waals surface area contributed by atoms with E-state index in [1.165, 1.54) is 0 Å². The summed E-state index contributed by atoms with van der Waals surface area (Å²) in [6.45, 7) is 2.29. The van der Waals surface area contributed by atoms with Gasteiger partial charge < -0.3 is 10.5 Å². The first-order valence-electron chi connectivity index (χ1n) is 5.26. The van der Waals surface area contributed by atoms with E-state index in [9.17, 15) is 0 Å². The summed E-state index contributed by atoms with van der Waals surface area (Å²) in [5.74, 6) is 0.512. The summed E-state index contributed by atoms with van der Waals surface area (Å²) in [4.78, 5) is 4.34. The van der Waals surface area contributed by atoms with Crippen molar-refractivity contribution in [2.45, 2.75) is 13.5 Å². The number of aryl methyl sites for hydroxylation is 1. The fourth-order valence-corrected chi connectivity index (χ4v) is 1.74. The molecule has 1 heterocycles. The fraction of sp³-hybridized carbons (Fsp3) is 0.154. The Balaban J connectivity index is 2.13. The Morgan fingerprint density at radius 1 is 1.24 bits per heavy atom. The van der Waals surface area contributed by atoms with E-state index in [0.29, 0.717) is 23.1 Å². The number of nitrogens with two attached hydrogens (primary N) is 1. The van der Waals surface area contributed by atoms with Crippen LogP contribution in [0, 0.1) is 6.92 Å². The molecule has 0 amide bonds. The highest BCUT2D eigenvalue weighted by Gasteiger charge is 2.06. The number of aromatic nitrogens is 1. The Labute approximate surface area is 105 Å². The lowest BCUT2D eigenvalue weighted by molar-refractivity contribution is 0.303. The highest BCUT2D eigenvalue weighted by molar-refractivity contribution is 6.32. The van der Waals surface area contributed by atoms with Gasteiger partial charge in [0.1, 0.15) is 6.61 Å². The average Bonchev–Trinajstić information content (AvgIpc) is 2.28. The molecule has 0 saturated heterocycles. The molecular weight excluding hydrogens is 236 g/mol. The van der Waals surface area contributed by atoms with E-state index in [1.807, 2.05) is 25.1 Å². The Kier molecular flexibility index (Phi) is 3.49. The number of para-hydroxylation sites is 1. The molecule has 0 aliphatic heterocycles. The molecule has 2 rings (SSSR count). The van der Waals surface area contributed by atoms with Gasteiger partial charge in [-0.05, 0) is 31.2 Å². The van der Waals surface area contributed by atoms with Gasteiger partial charge in [-0.25, -0.2) is 0 Å². The second-order valence-electron chi connectivity index (χ2n) is 3.72. The van der Waals surface area contributed by atoms with Crippen molar-refractivity contribution in [2.75, 3.05) is 5.73 Å². The Morgan fingerprint density at radius 2 is 2.00 bits per heavy atom. The first kappa shape index (κ1) is 11.7. The van der Waals surface area contributed by atoms with Crippen LogP contribution in [-0.2, 0) is 6.61 Å². The van der Waals surface area contributed by atoms with Crippen LogP contribution in [0.5, 0.6) is 5.75 Å². The summed E-state index contributed by atoms with van der Waals surface area (Å²) in [7, 11) is 0. The number of nitrogens with zero attached hydrogens (tertiary/aromatic N) is 1. The molecule has 0 aliphatic rings. The molecule has 4 heteroatoms. The SMILES string of the molecule is Cc1cccc(COc2c(N)cccc2Cl)n1. The average molecular weight is 249 g/mol. The Morgan fingerprint density at radius 3 is 2.71 bits per heavy atom. The van der Waals surface area contributed by atoms with E-state index in [0.717, 1.165) is 11.4 Å². The molecular formula is C13H13ClN2O. The molecule has 2 aromatic rings. The maximum absolute atomic E-state index is 6.00. The zero-order valence-corrected chi connectivity index (χ0v) is 10.2. The van der Waals surface area contributed by atoms with Gasteiger partial charge in [0.2, 0.25) is 0 Å². The third-order valence-corrected chi connectivity index (χ3v) is 2.61. The largest absolute Gasteiger partial charge is 0.484 e. The van der Waals surface area contributed by atoms with Crippen LogP contribution in [0.15, 0.2) is 36.4 Å². The van der Waals surface area contributed by atoms with Gasteiger partial charge in [0, 0.05) is 5.69 Å². The van der Waals surface area contributed by atoms with Gasteiger partial charge in [-0.2, -0.15) is 0 Å². The van der Waals surface area contributed by atoms with Gasteiger partial charge in [0.05, 0.1) is 16.4 Å². The van der Waals surface area contributed by atoms with Crippen molar-refractivity contribution < 1.29 is 4.74 Å². The van der Waals surface area contributed by atoms with Crippen molar-refractivity contribution >= 4 is 17.3 Å². The van der Waals surface area contributed by atoms with Crippen LogP contribution in [0.25, 0.3) is 0 Å². The van der Waals surface area contributed by atoms with Crippen molar-refractivity contribution in [3.05, 3.63) is 52.8 Å².